The summed E-state index contributed by atoms with van der Waals surface area (Å²) in [5.41, 5.74) is 7.90. The molecule has 0 spiro atoms. The van der Waals surface area contributed by atoms with Crippen LogP contribution in [0.2, 0.25) is 0 Å². The molecule has 2 saturated heterocycles. The van der Waals surface area contributed by atoms with Crippen LogP contribution in [-0.2, 0) is 9.47 Å². The van der Waals surface area contributed by atoms with Crippen molar-refractivity contribution in [1.82, 2.24) is 4.98 Å². The number of rotatable bonds is 7. The molecule has 2 aliphatic rings. The van der Waals surface area contributed by atoms with Crippen molar-refractivity contribution in [3.8, 4) is 29.0 Å². The van der Waals surface area contributed by atoms with Crippen LogP contribution in [0.1, 0.15) is 17.5 Å². The summed E-state index contributed by atoms with van der Waals surface area (Å²) in [7, 11) is 0. The Morgan fingerprint density at radius 1 is 1.17 bits per heavy atom. The van der Waals surface area contributed by atoms with Crippen molar-refractivity contribution in [1.29, 1.82) is 10.5 Å². The number of hydrogen-bond donors (Lipinski definition) is 1. The summed E-state index contributed by atoms with van der Waals surface area (Å²) in [4.78, 5) is 4.33. The quantitative estimate of drug-likeness (QED) is 0.696. The monoisotopic (exact) mass is 408 g/mol. The first-order chi connectivity index (χ1) is 14.2. The summed E-state index contributed by atoms with van der Waals surface area (Å²) in [5, 5.41) is 20.0. The first-order valence-electron chi connectivity index (χ1n) is 9.38. The number of thioether (sulfide) groups is 1. The van der Waals surface area contributed by atoms with E-state index in [9.17, 15) is 10.5 Å². The van der Waals surface area contributed by atoms with Gasteiger partial charge in [0.1, 0.15) is 40.9 Å². The maximum Gasteiger partial charge on any atom is 0.143 e. The number of nitriles is 2. The standard InChI is InChI=1S/C21H20N4O3S/c22-7-17-19(14-1-3-15(4-2-14)28-11-16-5-6-27-16)18(8-23)21(25-20(17)24)29-12-13-9-26-10-13/h1-4,13,16H,5-6,9-12H2,(H2,24,25). The molecule has 0 amide bonds. The lowest BCUT2D eigenvalue weighted by Crippen LogP contribution is -2.32. The minimum absolute atomic E-state index is 0.135. The van der Waals surface area contributed by atoms with Crippen molar-refractivity contribution < 1.29 is 14.2 Å². The number of hydrogen-bond acceptors (Lipinski definition) is 8. The molecule has 7 nitrogen and oxygen atoms in total. The first-order valence-corrected chi connectivity index (χ1v) is 10.4. The molecule has 4 rings (SSSR count). The van der Waals surface area contributed by atoms with Crippen molar-refractivity contribution in [3.63, 3.8) is 0 Å². The molecule has 2 N–H and O–H groups in total. The molecular weight excluding hydrogens is 388 g/mol. The molecule has 3 heterocycles. The van der Waals surface area contributed by atoms with Gasteiger partial charge in [0, 0.05) is 30.3 Å². The molecule has 1 unspecified atom stereocenters. The Hall–Kier alpha value is -2.78. The number of ether oxygens (including phenoxy) is 3. The van der Waals surface area contributed by atoms with E-state index in [1.807, 2.05) is 24.3 Å². The number of benzene rings is 1. The average molecular weight is 408 g/mol. The van der Waals surface area contributed by atoms with Gasteiger partial charge in [-0.15, -0.1) is 11.8 Å². The van der Waals surface area contributed by atoms with Crippen LogP contribution in [0.25, 0.3) is 11.1 Å². The molecule has 8 heteroatoms. The van der Waals surface area contributed by atoms with Crippen LogP contribution in [0.4, 0.5) is 5.82 Å². The molecule has 0 bridgehead atoms. The Balaban J connectivity index is 1.62. The van der Waals surface area contributed by atoms with Gasteiger partial charge in [0.15, 0.2) is 0 Å². The van der Waals surface area contributed by atoms with Gasteiger partial charge in [0.05, 0.1) is 24.9 Å². The summed E-state index contributed by atoms with van der Waals surface area (Å²) in [6.07, 6.45) is 1.17. The van der Waals surface area contributed by atoms with Gasteiger partial charge in [-0.1, -0.05) is 12.1 Å². The fourth-order valence-electron chi connectivity index (χ4n) is 3.09. The van der Waals surface area contributed by atoms with Crippen LogP contribution >= 0.6 is 11.8 Å². The smallest absolute Gasteiger partial charge is 0.143 e. The van der Waals surface area contributed by atoms with Crippen molar-refractivity contribution in [2.24, 2.45) is 5.92 Å². The number of aromatic nitrogens is 1. The zero-order valence-electron chi connectivity index (χ0n) is 15.8. The van der Waals surface area contributed by atoms with Crippen LogP contribution in [0.5, 0.6) is 5.75 Å². The average Bonchev–Trinajstić information content (AvgIpc) is 2.65. The molecule has 2 aliphatic heterocycles. The minimum atomic E-state index is 0.135. The molecule has 1 aromatic carbocycles. The third kappa shape index (κ3) is 4.15. The highest BCUT2D eigenvalue weighted by atomic mass is 32.2. The van der Waals surface area contributed by atoms with Crippen molar-refractivity contribution in [2.45, 2.75) is 17.6 Å². The first kappa shape index (κ1) is 19.5. The predicted molar refractivity (Wildman–Crippen MR) is 108 cm³/mol. The Kier molecular flexibility index (Phi) is 5.86. The van der Waals surface area contributed by atoms with E-state index in [0.29, 0.717) is 34.4 Å². The van der Waals surface area contributed by atoms with Gasteiger partial charge in [-0.3, -0.25) is 0 Å². The second-order valence-electron chi connectivity index (χ2n) is 6.98. The lowest BCUT2D eigenvalue weighted by Gasteiger charge is -2.26. The van der Waals surface area contributed by atoms with Crippen LogP contribution in [0.3, 0.4) is 0 Å². The number of nitrogens with zero attached hydrogens (tertiary/aromatic N) is 3. The second kappa shape index (κ2) is 8.71. The zero-order valence-corrected chi connectivity index (χ0v) is 16.6. The van der Waals surface area contributed by atoms with Crippen LogP contribution in [0, 0.1) is 28.6 Å². The molecule has 148 valence electrons. The molecule has 0 radical (unpaired) electrons. The van der Waals surface area contributed by atoms with Gasteiger partial charge >= 0.3 is 0 Å². The SMILES string of the molecule is N#Cc1c(N)nc(SCC2COC2)c(C#N)c1-c1ccc(OCC2CCO2)cc1. The van der Waals surface area contributed by atoms with Crippen LogP contribution in [0.15, 0.2) is 29.3 Å². The molecule has 29 heavy (non-hydrogen) atoms. The van der Waals surface area contributed by atoms with E-state index in [0.717, 1.165) is 37.6 Å². The van der Waals surface area contributed by atoms with Crippen LogP contribution < -0.4 is 10.5 Å². The second-order valence-corrected chi connectivity index (χ2v) is 7.99. The van der Waals surface area contributed by atoms with E-state index in [-0.39, 0.29) is 17.5 Å². The summed E-state index contributed by atoms with van der Waals surface area (Å²) in [5.74, 6) is 2.09. The molecule has 1 aromatic heterocycles. The lowest BCUT2D eigenvalue weighted by molar-refractivity contribution is -0.0720. The third-order valence-electron chi connectivity index (χ3n) is 4.95. The van der Waals surface area contributed by atoms with Crippen molar-refractivity contribution in [3.05, 3.63) is 35.4 Å². The third-order valence-corrected chi connectivity index (χ3v) is 6.16. The number of pyridine rings is 1. The summed E-state index contributed by atoms with van der Waals surface area (Å²) in [6.45, 7) is 2.75. The topological polar surface area (TPSA) is 114 Å². The Labute approximate surface area is 173 Å². The van der Waals surface area contributed by atoms with E-state index < -0.39 is 0 Å². The maximum absolute atomic E-state index is 9.82. The van der Waals surface area contributed by atoms with E-state index >= 15 is 0 Å². The van der Waals surface area contributed by atoms with Gasteiger partial charge in [-0.2, -0.15) is 10.5 Å². The summed E-state index contributed by atoms with van der Waals surface area (Å²) < 4.78 is 16.3. The Morgan fingerprint density at radius 3 is 2.45 bits per heavy atom. The highest BCUT2D eigenvalue weighted by molar-refractivity contribution is 7.99. The van der Waals surface area contributed by atoms with Gasteiger partial charge in [-0.25, -0.2) is 4.98 Å². The highest BCUT2D eigenvalue weighted by Crippen LogP contribution is 2.37. The molecular formula is C21H20N4O3S. The Morgan fingerprint density at radius 2 is 1.90 bits per heavy atom. The molecule has 0 saturated carbocycles. The minimum Gasteiger partial charge on any atom is -0.491 e. The summed E-state index contributed by atoms with van der Waals surface area (Å²) >= 11 is 1.48. The fraction of sp³-hybridized carbons (Fsp3) is 0.381. The molecule has 0 aliphatic carbocycles. The lowest BCUT2D eigenvalue weighted by atomic mass is 9.97. The van der Waals surface area contributed by atoms with E-state index in [2.05, 4.69) is 17.1 Å². The number of nitrogens with two attached hydrogens (primary N) is 1. The predicted octanol–water partition coefficient (Wildman–Crippen LogP) is 2.98. The number of anilines is 1. The van der Waals surface area contributed by atoms with Crippen LogP contribution in [-0.4, -0.2) is 43.3 Å². The molecule has 1 atom stereocenters. The van der Waals surface area contributed by atoms with Crippen molar-refractivity contribution in [2.75, 3.05) is 37.9 Å². The zero-order chi connectivity index (χ0) is 20.2. The fourth-order valence-corrected chi connectivity index (χ4v) is 4.13. The van der Waals surface area contributed by atoms with Gasteiger partial charge in [0.25, 0.3) is 0 Å². The van der Waals surface area contributed by atoms with E-state index in [1.54, 1.807) is 0 Å². The summed E-state index contributed by atoms with van der Waals surface area (Å²) in [6, 6.07) is 11.7. The van der Waals surface area contributed by atoms with E-state index in [1.165, 1.54) is 11.8 Å². The number of nitrogen functional groups attached to an aromatic ring is 1. The largest absolute Gasteiger partial charge is 0.491 e. The maximum atomic E-state index is 9.82. The van der Waals surface area contributed by atoms with E-state index in [4.69, 9.17) is 19.9 Å². The molecule has 2 fully saturated rings. The van der Waals surface area contributed by atoms with Gasteiger partial charge in [0.2, 0.25) is 0 Å². The van der Waals surface area contributed by atoms with Crippen molar-refractivity contribution >= 4 is 17.6 Å². The Bertz CT molecular complexity index is 973. The van der Waals surface area contributed by atoms with Gasteiger partial charge < -0.3 is 19.9 Å². The normalized spacial score (nSPS) is 18.2. The molecule has 2 aromatic rings. The highest BCUT2D eigenvalue weighted by Gasteiger charge is 2.24. The van der Waals surface area contributed by atoms with Gasteiger partial charge in [-0.05, 0) is 17.7 Å².